The molecule has 4 rings (SSSR count). The van der Waals surface area contributed by atoms with Crippen molar-refractivity contribution >= 4 is 17.5 Å². The van der Waals surface area contributed by atoms with Crippen LogP contribution in [0.5, 0.6) is 5.88 Å². The smallest absolute Gasteiger partial charge is 0.254 e. The van der Waals surface area contributed by atoms with Gasteiger partial charge in [0, 0.05) is 24.4 Å². The lowest BCUT2D eigenvalue weighted by atomic mass is 10.0. The Morgan fingerprint density at radius 2 is 1.90 bits per heavy atom. The number of likely N-dealkylation sites (tertiary alicyclic amines) is 1. The number of ether oxygens (including phenoxy) is 1. The van der Waals surface area contributed by atoms with E-state index in [-0.39, 0.29) is 12.0 Å². The number of carbonyl (C=O) groups is 1. The summed E-state index contributed by atoms with van der Waals surface area (Å²) in [5.41, 5.74) is 1.05. The van der Waals surface area contributed by atoms with Crippen LogP contribution in [0.2, 0.25) is 5.02 Å². The van der Waals surface area contributed by atoms with Gasteiger partial charge in [-0.05, 0) is 25.0 Å². The Labute approximate surface area is 172 Å². The van der Waals surface area contributed by atoms with Crippen LogP contribution in [0.1, 0.15) is 23.2 Å². The maximum absolute atomic E-state index is 13.2. The quantitative estimate of drug-likeness (QED) is 0.647. The summed E-state index contributed by atoms with van der Waals surface area (Å²) in [5.74, 6) is 0.134. The van der Waals surface area contributed by atoms with Crippen LogP contribution in [0.25, 0.3) is 11.4 Å². The first-order chi connectivity index (χ1) is 14.1. The minimum atomic E-state index is -0.524. The summed E-state index contributed by atoms with van der Waals surface area (Å²) in [6, 6.07) is 10.5. The highest BCUT2D eigenvalue weighted by atomic mass is 35.5. The molecule has 1 aliphatic heterocycles. The molecule has 6 nitrogen and oxygen atoms in total. The number of hydrogen-bond acceptors (Lipinski definition) is 5. The first-order valence-electron chi connectivity index (χ1n) is 9.24. The van der Waals surface area contributed by atoms with Crippen LogP contribution in [-0.4, -0.2) is 45.0 Å². The van der Waals surface area contributed by atoms with Gasteiger partial charge in [-0.1, -0.05) is 29.8 Å². The molecule has 1 aromatic carbocycles. The highest BCUT2D eigenvalue weighted by Gasteiger charge is 2.27. The van der Waals surface area contributed by atoms with E-state index in [0.717, 1.165) is 25.2 Å². The van der Waals surface area contributed by atoms with Crippen molar-refractivity contribution in [1.82, 2.24) is 19.9 Å². The molecule has 1 aliphatic rings. The van der Waals surface area contributed by atoms with Gasteiger partial charge in [0.05, 0.1) is 29.5 Å². The highest BCUT2D eigenvalue weighted by Crippen LogP contribution is 2.24. The van der Waals surface area contributed by atoms with Crippen LogP contribution in [0.15, 0.2) is 55.0 Å². The van der Waals surface area contributed by atoms with Crippen molar-refractivity contribution < 1.29 is 13.9 Å². The number of hydrogen-bond donors (Lipinski definition) is 0. The van der Waals surface area contributed by atoms with E-state index in [1.807, 2.05) is 0 Å². The van der Waals surface area contributed by atoms with Crippen molar-refractivity contribution in [3.63, 3.8) is 0 Å². The minimum Gasteiger partial charge on any atom is -0.472 e. The molecule has 0 unspecified atom stereocenters. The van der Waals surface area contributed by atoms with Crippen molar-refractivity contribution in [3.8, 4) is 17.3 Å². The van der Waals surface area contributed by atoms with Crippen LogP contribution in [-0.2, 0) is 0 Å². The van der Waals surface area contributed by atoms with Gasteiger partial charge in [-0.25, -0.2) is 19.3 Å². The highest BCUT2D eigenvalue weighted by molar-refractivity contribution is 6.30. The molecule has 0 saturated carbocycles. The molecule has 8 heteroatoms. The van der Waals surface area contributed by atoms with E-state index in [1.165, 1.54) is 6.20 Å². The molecule has 1 fully saturated rings. The number of rotatable bonds is 4. The Bertz CT molecular complexity index is 998. The number of benzene rings is 1. The zero-order valence-corrected chi connectivity index (χ0v) is 16.2. The monoisotopic (exact) mass is 412 g/mol. The topological polar surface area (TPSA) is 68.2 Å². The summed E-state index contributed by atoms with van der Waals surface area (Å²) in [7, 11) is 0. The number of nitrogens with zero attached hydrogens (tertiary/aromatic N) is 4. The van der Waals surface area contributed by atoms with Gasteiger partial charge >= 0.3 is 0 Å². The average molecular weight is 413 g/mol. The molecule has 3 heterocycles. The molecule has 148 valence electrons. The van der Waals surface area contributed by atoms with Gasteiger partial charge in [0.25, 0.3) is 5.91 Å². The Balaban J connectivity index is 1.52. The number of amides is 1. The fourth-order valence-corrected chi connectivity index (χ4v) is 3.42. The Morgan fingerprint density at radius 1 is 1.10 bits per heavy atom. The molecule has 0 radical (unpaired) electrons. The van der Waals surface area contributed by atoms with Crippen LogP contribution in [0.4, 0.5) is 4.39 Å². The zero-order valence-electron chi connectivity index (χ0n) is 15.5. The number of pyridine rings is 1. The van der Waals surface area contributed by atoms with E-state index in [2.05, 4.69) is 15.0 Å². The first kappa shape index (κ1) is 19.3. The van der Waals surface area contributed by atoms with Crippen molar-refractivity contribution in [3.05, 3.63) is 71.4 Å². The number of halogens is 2. The molecule has 0 aliphatic carbocycles. The van der Waals surface area contributed by atoms with E-state index < -0.39 is 5.82 Å². The van der Waals surface area contributed by atoms with Gasteiger partial charge in [0.2, 0.25) is 5.88 Å². The normalized spacial score (nSPS) is 16.5. The Kier molecular flexibility index (Phi) is 5.67. The zero-order chi connectivity index (χ0) is 20.2. The number of carbonyl (C=O) groups excluding carboxylic acids is 1. The Hall–Kier alpha value is -3.06. The molecule has 0 N–H and O–H groups in total. The van der Waals surface area contributed by atoms with Crippen molar-refractivity contribution in [2.45, 2.75) is 18.9 Å². The summed E-state index contributed by atoms with van der Waals surface area (Å²) in [6.45, 7) is 1.08. The van der Waals surface area contributed by atoms with Crippen molar-refractivity contribution in [2.75, 3.05) is 13.1 Å². The second-order valence-electron chi connectivity index (χ2n) is 6.72. The van der Waals surface area contributed by atoms with E-state index >= 15 is 0 Å². The van der Waals surface area contributed by atoms with Gasteiger partial charge in [0.15, 0.2) is 11.6 Å². The van der Waals surface area contributed by atoms with Crippen LogP contribution < -0.4 is 4.74 Å². The van der Waals surface area contributed by atoms with Crippen LogP contribution in [0.3, 0.4) is 0 Å². The molecule has 2 aromatic heterocycles. The lowest BCUT2D eigenvalue weighted by Gasteiger charge is -2.33. The number of aromatic nitrogens is 3. The fourth-order valence-electron chi connectivity index (χ4n) is 3.31. The van der Waals surface area contributed by atoms with Crippen molar-refractivity contribution in [1.29, 1.82) is 0 Å². The fraction of sp³-hybridized carbons (Fsp3) is 0.238. The molecular formula is C21H18ClFN4O2. The summed E-state index contributed by atoms with van der Waals surface area (Å²) < 4.78 is 19.1. The van der Waals surface area contributed by atoms with E-state index in [1.54, 1.807) is 41.3 Å². The van der Waals surface area contributed by atoms with E-state index in [0.29, 0.717) is 40.9 Å². The molecule has 29 heavy (non-hydrogen) atoms. The molecular weight excluding hydrogens is 395 g/mol. The first-order valence-corrected chi connectivity index (χ1v) is 9.62. The molecule has 0 bridgehead atoms. The summed E-state index contributed by atoms with van der Waals surface area (Å²) >= 11 is 5.86. The second-order valence-corrected chi connectivity index (χ2v) is 7.15. The molecule has 1 saturated heterocycles. The van der Waals surface area contributed by atoms with E-state index in [4.69, 9.17) is 16.3 Å². The lowest BCUT2D eigenvalue weighted by Crippen LogP contribution is -2.44. The Morgan fingerprint density at radius 3 is 2.66 bits per heavy atom. The van der Waals surface area contributed by atoms with Gasteiger partial charge in [-0.2, -0.15) is 0 Å². The molecule has 3 aromatic rings. The van der Waals surface area contributed by atoms with Gasteiger partial charge in [-0.3, -0.25) is 4.79 Å². The van der Waals surface area contributed by atoms with E-state index in [9.17, 15) is 9.18 Å². The molecule has 1 amide bonds. The SMILES string of the molecule is O=C(c1ccccc1-c1ncc(F)cn1)N1CCC[C@@H](Oc2ccc(Cl)cn2)C1. The average Bonchev–Trinajstić information content (AvgIpc) is 2.76. The third-order valence-electron chi connectivity index (χ3n) is 4.67. The summed E-state index contributed by atoms with van der Waals surface area (Å²) in [4.78, 5) is 27.2. The minimum absolute atomic E-state index is 0.133. The second kappa shape index (κ2) is 8.53. The van der Waals surface area contributed by atoms with Crippen molar-refractivity contribution in [2.24, 2.45) is 0 Å². The maximum Gasteiger partial charge on any atom is 0.254 e. The third kappa shape index (κ3) is 4.51. The van der Waals surface area contributed by atoms with Crippen LogP contribution in [0, 0.1) is 5.82 Å². The van der Waals surface area contributed by atoms with Gasteiger partial charge in [-0.15, -0.1) is 0 Å². The summed E-state index contributed by atoms with van der Waals surface area (Å²) in [5, 5.41) is 0.539. The van der Waals surface area contributed by atoms with Crippen LogP contribution >= 0.6 is 11.6 Å². The van der Waals surface area contributed by atoms with Gasteiger partial charge in [0.1, 0.15) is 6.10 Å². The predicted octanol–water partition coefficient (Wildman–Crippen LogP) is 4.01. The lowest BCUT2D eigenvalue weighted by molar-refractivity contribution is 0.0528. The molecule has 1 atom stereocenters. The molecule has 0 spiro atoms. The summed E-state index contributed by atoms with van der Waals surface area (Å²) in [6.07, 6.45) is 5.20. The maximum atomic E-state index is 13.2. The number of piperidine rings is 1. The van der Waals surface area contributed by atoms with Gasteiger partial charge < -0.3 is 9.64 Å². The predicted molar refractivity (Wildman–Crippen MR) is 106 cm³/mol. The standard InChI is InChI=1S/C21H18ClFN4O2/c22-14-7-8-19(24-10-14)29-16-4-3-9-27(13-16)21(28)18-6-2-1-5-17(18)20-25-11-15(23)12-26-20/h1-2,5-8,10-12,16H,3-4,9,13H2/t16-/m1/s1. The largest absolute Gasteiger partial charge is 0.472 e. The third-order valence-corrected chi connectivity index (χ3v) is 4.90.